The highest BCUT2D eigenvalue weighted by Crippen LogP contribution is 2.29. The summed E-state index contributed by atoms with van der Waals surface area (Å²) in [7, 11) is -4.22. The van der Waals surface area contributed by atoms with E-state index in [-0.39, 0.29) is 29.1 Å². The number of hydrogen-bond acceptors (Lipinski definition) is 5. The van der Waals surface area contributed by atoms with Gasteiger partial charge in [-0.25, -0.2) is 12.8 Å². The quantitative estimate of drug-likeness (QED) is 0.183. The predicted octanol–water partition coefficient (Wildman–Crippen LogP) is 6.45. The molecule has 45 heavy (non-hydrogen) atoms. The molecule has 0 spiro atoms. The van der Waals surface area contributed by atoms with Crippen LogP contribution in [-0.2, 0) is 26.2 Å². The second-order valence-electron chi connectivity index (χ2n) is 10.9. The van der Waals surface area contributed by atoms with Gasteiger partial charge in [-0.2, -0.15) is 0 Å². The summed E-state index contributed by atoms with van der Waals surface area (Å²) < 4.78 is 48.7. The van der Waals surface area contributed by atoms with Crippen molar-refractivity contribution in [2.24, 2.45) is 0 Å². The van der Waals surface area contributed by atoms with Gasteiger partial charge in [-0.1, -0.05) is 55.0 Å². The number of nitrogens with zero attached hydrogens (tertiary/aromatic N) is 2. The monoisotopic (exact) mass is 631 g/mol. The Hall–Kier alpha value is -4.70. The predicted molar refractivity (Wildman–Crippen MR) is 173 cm³/mol. The van der Waals surface area contributed by atoms with E-state index in [1.807, 2.05) is 39.0 Å². The molecule has 0 aromatic heterocycles. The maximum Gasteiger partial charge on any atom is 0.264 e. The first kappa shape index (κ1) is 33.2. The summed E-state index contributed by atoms with van der Waals surface area (Å²) in [4.78, 5) is 28.6. The van der Waals surface area contributed by atoms with Crippen LogP contribution >= 0.6 is 0 Å². The van der Waals surface area contributed by atoms with Crippen molar-refractivity contribution < 1.29 is 27.1 Å². The van der Waals surface area contributed by atoms with Crippen LogP contribution in [0.15, 0.2) is 108 Å². The molecule has 0 aliphatic carbocycles. The van der Waals surface area contributed by atoms with Crippen LogP contribution in [-0.4, -0.2) is 43.8 Å². The number of aryl methyl sites for hydroxylation is 1. The lowest BCUT2D eigenvalue weighted by Gasteiger charge is -2.32. The third-order valence-electron chi connectivity index (χ3n) is 7.43. The van der Waals surface area contributed by atoms with Crippen molar-refractivity contribution in [3.8, 4) is 11.5 Å². The third-order valence-corrected chi connectivity index (χ3v) is 9.21. The van der Waals surface area contributed by atoms with Crippen molar-refractivity contribution in [1.82, 2.24) is 10.2 Å². The number of carbonyl (C=O) groups is 2. The van der Waals surface area contributed by atoms with Gasteiger partial charge in [0, 0.05) is 12.6 Å². The number of benzene rings is 4. The number of para-hydroxylation sites is 1. The van der Waals surface area contributed by atoms with Crippen LogP contribution in [0, 0.1) is 12.7 Å². The maximum atomic E-state index is 14.1. The lowest BCUT2D eigenvalue weighted by atomic mass is 10.1. The van der Waals surface area contributed by atoms with Gasteiger partial charge < -0.3 is 15.0 Å². The fraction of sp³-hybridized carbons (Fsp3) is 0.257. The Labute approximate surface area is 264 Å². The molecular weight excluding hydrogens is 593 g/mol. The zero-order valence-electron chi connectivity index (χ0n) is 25.8. The van der Waals surface area contributed by atoms with Gasteiger partial charge in [-0.15, -0.1) is 0 Å². The summed E-state index contributed by atoms with van der Waals surface area (Å²) in [5.41, 5.74) is 1.71. The molecule has 4 aromatic rings. The number of rotatable bonds is 13. The molecule has 0 saturated heterocycles. The Morgan fingerprint density at radius 2 is 1.44 bits per heavy atom. The fourth-order valence-corrected chi connectivity index (χ4v) is 5.92. The lowest BCUT2D eigenvalue weighted by molar-refractivity contribution is -0.139. The van der Waals surface area contributed by atoms with E-state index in [4.69, 9.17) is 4.74 Å². The van der Waals surface area contributed by atoms with Crippen LogP contribution in [0.25, 0.3) is 0 Å². The number of ether oxygens (including phenoxy) is 1. The van der Waals surface area contributed by atoms with Gasteiger partial charge in [0.15, 0.2) is 0 Å². The van der Waals surface area contributed by atoms with Crippen molar-refractivity contribution in [3.05, 3.63) is 120 Å². The SMILES string of the molecule is CC[C@H](C)NC(=O)[C@H](C)N(Cc1ccc(F)cc1)C(=O)CN(c1ccc(Oc2ccccc2)cc1)S(=O)(=O)c1ccc(C)cc1. The average molecular weight is 632 g/mol. The van der Waals surface area contributed by atoms with Crippen molar-refractivity contribution in [2.75, 3.05) is 10.8 Å². The Bertz CT molecular complexity index is 1680. The van der Waals surface area contributed by atoms with E-state index in [0.29, 0.717) is 23.5 Å². The van der Waals surface area contributed by atoms with E-state index >= 15 is 0 Å². The van der Waals surface area contributed by atoms with E-state index in [1.165, 1.54) is 41.3 Å². The fourth-order valence-electron chi connectivity index (χ4n) is 4.51. The van der Waals surface area contributed by atoms with Gasteiger partial charge in [0.1, 0.15) is 29.9 Å². The topological polar surface area (TPSA) is 96.0 Å². The molecule has 1 N–H and O–H groups in total. The molecule has 0 saturated carbocycles. The molecule has 8 nitrogen and oxygen atoms in total. The van der Waals surface area contributed by atoms with Crippen molar-refractivity contribution in [3.63, 3.8) is 0 Å². The number of sulfonamides is 1. The average Bonchev–Trinajstić information content (AvgIpc) is 3.04. The van der Waals surface area contributed by atoms with E-state index < -0.39 is 34.3 Å². The molecular formula is C35H38FN3O5S. The molecule has 0 radical (unpaired) electrons. The maximum absolute atomic E-state index is 14.1. The molecule has 0 fully saturated rings. The normalized spacial score (nSPS) is 12.6. The zero-order valence-corrected chi connectivity index (χ0v) is 26.6. The van der Waals surface area contributed by atoms with Gasteiger partial charge in [0.05, 0.1) is 10.6 Å². The molecule has 0 heterocycles. The minimum atomic E-state index is -4.22. The van der Waals surface area contributed by atoms with E-state index in [1.54, 1.807) is 55.5 Å². The van der Waals surface area contributed by atoms with Crippen LogP contribution < -0.4 is 14.4 Å². The van der Waals surface area contributed by atoms with Crippen molar-refractivity contribution >= 4 is 27.5 Å². The molecule has 4 aromatic carbocycles. The minimum absolute atomic E-state index is 0.0122. The molecule has 0 unspecified atom stereocenters. The van der Waals surface area contributed by atoms with Gasteiger partial charge in [0.25, 0.3) is 10.0 Å². The van der Waals surface area contributed by atoms with Crippen molar-refractivity contribution in [1.29, 1.82) is 0 Å². The highest BCUT2D eigenvalue weighted by molar-refractivity contribution is 7.92. The Morgan fingerprint density at radius 1 is 0.844 bits per heavy atom. The second kappa shape index (κ2) is 14.9. The molecule has 10 heteroatoms. The first-order valence-corrected chi connectivity index (χ1v) is 16.2. The molecule has 4 rings (SSSR count). The molecule has 0 aliphatic heterocycles. The van der Waals surface area contributed by atoms with Crippen LogP contribution in [0.4, 0.5) is 10.1 Å². The highest BCUT2D eigenvalue weighted by atomic mass is 32.2. The minimum Gasteiger partial charge on any atom is -0.457 e. The molecule has 0 bridgehead atoms. The Kier molecular flexibility index (Phi) is 11.0. The molecule has 236 valence electrons. The first-order chi connectivity index (χ1) is 21.5. The first-order valence-electron chi connectivity index (χ1n) is 14.7. The largest absolute Gasteiger partial charge is 0.457 e. The zero-order chi connectivity index (χ0) is 32.6. The Morgan fingerprint density at radius 3 is 2.04 bits per heavy atom. The second-order valence-corrected chi connectivity index (χ2v) is 12.7. The highest BCUT2D eigenvalue weighted by Gasteiger charge is 2.33. The standard InChI is InChI=1S/C35H38FN3O5S/c1-5-26(3)37-35(41)27(4)38(23-28-13-15-29(36)16-14-28)34(40)24-39(45(42,43)33-21-11-25(2)12-22-33)30-17-19-32(20-18-30)44-31-9-7-6-8-10-31/h6-22,26-27H,5,23-24H2,1-4H3,(H,37,41)/t26-,27-/m0/s1. The van der Waals surface area contributed by atoms with Crippen molar-refractivity contribution in [2.45, 2.75) is 57.6 Å². The molecule has 2 amide bonds. The van der Waals surface area contributed by atoms with Gasteiger partial charge in [-0.05, 0) is 93.4 Å². The smallest absolute Gasteiger partial charge is 0.264 e. The van der Waals surface area contributed by atoms with E-state index in [2.05, 4.69) is 5.32 Å². The summed E-state index contributed by atoms with van der Waals surface area (Å²) in [6.07, 6.45) is 0.691. The lowest BCUT2D eigenvalue weighted by Crippen LogP contribution is -2.52. The number of halogens is 1. The van der Waals surface area contributed by atoms with Gasteiger partial charge in [0.2, 0.25) is 11.8 Å². The number of nitrogens with one attached hydrogen (secondary N) is 1. The number of hydrogen-bond donors (Lipinski definition) is 1. The molecule has 0 aliphatic rings. The third kappa shape index (κ3) is 8.69. The summed E-state index contributed by atoms with van der Waals surface area (Å²) in [5, 5.41) is 2.89. The van der Waals surface area contributed by atoms with E-state index in [0.717, 1.165) is 9.87 Å². The van der Waals surface area contributed by atoms with Crippen LogP contribution in [0.5, 0.6) is 11.5 Å². The van der Waals surface area contributed by atoms with Crippen LogP contribution in [0.3, 0.4) is 0 Å². The summed E-state index contributed by atoms with van der Waals surface area (Å²) in [6.45, 7) is 6.61. The summed E-state index contributed by atoms with van der Waals surface area (Å²) in [6, 6.07) is 26.4. The summed E-state index contributed by atoms with van der Waals surface area (Å²) >= 11 is 0. The number of carbonyl (C=O) groups excluding carboxylic acids is 2. The molecule has 2 atom stereocenters. The van der Waals surface area contributed by atoms with Crippen LogP contribution in [0.1, 0.15) is 38.3 Å². The summed E-state index contributed by atoms with van der Waals surface area (Å²) in [5.74, 6) is -0.321. The van der Waals surface area contributed by atoms with Gasteiger partial charge in [-0.3, -0.25) is 13.9 Å². The number of amides is 2. The number of anilines is 1. The van der Waals surface area contributed by atoms with Gasteiger partial charge >= 0.3 is 0 Å². The Balaban J connectivity index is 1.70. The van der Waals surface area contributed by atoms with E-state index in [9.17, 15) is 22.4 Å². The van der Waals surface area contributed by atoms with Crippen LogP contribution in [0.2, 0.25) is 0 Å².